The fourth-order valence-electron chi connectivity index (χ4n) is 0. The van der Waals surface area contributed by atoms with Crippen LogP contribution in [0.1, 0.15) is 13.3 Å². The quantitative estimate of drug-likeness (QED) is 0.341. The van der Waals surface area contributed by atoms with Gasteiger partial charge in [0.15, 0.2) is 0 Å². The Morgan fingerprint density at radius 2 is 1.22 bits per heavy atom. The van der Waals surface area contributed by atoms with E-state index in [0.717, 1.165) is 6.92 Å². The van der Waals surface area contributed by atoms with Crippen molar-refractivity contribution in [1.29, 1.82) is 0 Å². The van der Waals surface area contributed by atoms with Gasteiger partial charge in [0.25, 0.3) is 0 Å². The topological polar surface area (TPSA) is 0 Å². The van der Waals surface area contributed by atoms with E-state index in [9.17, 15) is 13.2 Å². The number of rotatable bonds is 0. The Hall–Kier alpha value is 1.14. The number of hydrogen-bond donors (Lipinski definition) is 0. The molecule has 0 nitrogen and oxygen atoms in total. The van der Waals surface area contributed by atoms with Gasteiger partial charge in [-0.1, -0.05) is 6.92 Å². The van der Waals surface area contributed by atoms with Crippen LogP contribution in [0.4, 0.5) is 13.2 Å². The monoisotopic (exact) mass is 192 g/mol. The van der Waals surface area contributed by atoms with Crippen molar-refractivity contribution >= 4 is 23.1 Å². The predicted octanol–water partition coefficient (Wildman–Crippen LogP) is -4.41. The summed E-state index contributed by atoms with van der Waals surface area (Å²) in [5.41, 5.74) is 0. The molecule has 9 heavy (non-hydrogen) atoms. The first-order valence-electron chi connectivity index (χ1n) is 1.63. The molecule has 0 aromatic rings. The molecular weight excluding hydrogens is 188 g/mol. The van der Waals surface area contributed by atoms with Gasteiger partial charge in [-0.2, -0.15) is 13.2 Å². The second-order valence-electron chi connectivity index (χ2n) is 0.969. The molecule has 0 saturated carbocycles. The molecule has 0 aromatic carbocycles. The maximum Gasteiger partial charge on any atom is 2.00 e. The first-order chi connectivity index (χ1) is 2.56. The largest absolute Gasteiger partial charge is 2.00 e. The van der Waals surface area contributed by atoms with Crippen molar-refractivity contribution in [3.63, 3.8) is 0 Å². The summed E-state index contributed by atoms with van der Waals surface area (Å²) in [5, 5.41) is 0. The summed E-state index contributed by atoms with van der Waals surface area (Å²) in [6.07, 6.45) is -4.69. The summed E-state index contributed by atoms with van der Waals surface area (Å²) in [4.78, 5) is 0. The second-order valence-corrected chi connectivity index (χ2v) is 0.969. The second kappa shape index (κ2) is 9.14. The molecular formula is C3H5Cl2F3Mg. The molecule has 6 heteroatoms. The van der Waals surface area contributed by atoms with Gasteiger partial charge in [0.2, 0.25) is 0 Å². The molecule has 0 saturated heterocycles. The first-order valence-corrected chi connectivity index (χ1v) is 1.63. The van der Waals surface area contributed by atoms with Gasteiger partial charge in [-0.05, 0) is 0 Å². The first kappa shape index (κ1) is 22.5. The van der Waals surface area contributed by atoms with E-state index < -0.39 is 12.6 Å². The Balaban J connectivity index is -0.0000000417. The minimum absolute atomic E-state index is 0. The third-order valence-corrected chi connectivity index (χ3v) is 0.401. The third-order valence-electron chi connectivity index (χ3n) is 0.401. The van der Waals surface area contributed by atoms with E-state index in [-0.39, 0.29) is 47.9 Å². The average molecular weight is 193 g/mol. The van der Waals surface area contributed by atoms with Gasteiger partial charge < -0.3 is 24.8 Å². The van der Waals surface area contributed by atoms with Crippen LogP contribution in [-0.4, -0.2) is 29.2 Å². The number of hydrogen-bond acceptors (Lipinski definition) is 0. The number of halogens is 5. The van der Waals surface area contributed by atoms with E-state index in [1.165, 1.54) is 0 Å². The molecule has 0 N–H and O–H groups in total. The van der Waals surface area contributed by atoms with Gasteiger partial charge in [-0.15, -0.1) is 0 Å². The van der Waals surface area contributed by atoms with Crippen molar-refractivity contribution in [3.05, 3.63) is 0 Å². The van der Waals surface area contributed by atoms with Crippen molar-refractivity contribution in [2.24, 2.45) is 0 Å². The standard InChI is InChI=1S/C3H5F3.2ClH.Mg/c1-2-3(4,5)6;;;/h2H2,1H3;2*1H;/q;;;+2/p-2. The zero-order chi connectivity index (χ0) is 5.21. The average Bonchev–Trinajstić information content (AvgIpc) is 1.35. The van der Waals surface area contributed by atoms with Crippen molar-refractivity contribution in [2.75, 3.05) is 0 Å². The van der Waals surface area contributed by atoms with Crippen LogP contribution in [0.2, 0.25) is 0 Å². The Bertz CT molecular complexity index is 46.8. The van der Waals surface area contributed by atoms with Crippen molar-refractivity contribution < 1.29 is 38.0 Å². The third kappa shape index (κ3) is 27.2. The van der Waals surface area contributed by atoms with E-state index in [2.05, 4.69) is 0 Å². The minimum Gasteiger partial charge on any atom is -1.00 e. The van der Waals surface area contributed by atoms with E-state index in [1.807, 2.05) is 0 Å². The molecule has 0 rings (SSSR count). The molecule has 0 aromatic heterocycles. The molecule has 0 unspecified atom stereocenters. The molecule has 0 aliphatic heterocycles. The molecule has 0 radical (unpaired) electrons. The van der Waals surface area contributed by atoms with Crippen LogP contribution in [0.5, 0.6) is 0 Å². The van der Waals surface area contributed by atoms with Gasteiger partial charge in [0.05, 0.1) is 0 Å². The summed E-state index contributed by atoms with van der Waals surface area (Å²) >= 11 is 0. The predicted molar refractivity (Wildman–Crippen MR) is 22.1 cm³/mol. The van der Waals surface area contributed by atoms with Crippen LogP contribution in [0.3, 0.4) is 0 Å². The Kier molecular flexibility index (Phi) is 22.8. The molecule has 0 fully saturated rings. The molecule has 0 aliphatic rings. The molecule has 0 bridgehead atoms. The summed E-state index contributed by atoms with van der Waals surface area (Å²) in [7, 11) is 0. The minimum atomic E-state index is -3.96. The molecule has 0 aliphatic carbocycles. The Labute approximate surface area is 80.5 Å². The van der Waals surface area contributed by atoms with Crippen LogP contribution in [0.25, 0.3) is 0 Å². The summed E-state index contributed by atoms with van der Waals surface area (Å²) in [5.74, 6) is 0. The van der Waals surface area contributed by atoms with Gasteiger partial charge in [0, 0.05) is 6.42 Å². The summed E-state index contributed by atoms with van der Waals surface area (Å²) < 4.78 is 32.4. The summed E-state index contributed by atoms with van der Waals surface area (Å²) in [6, 6.07) is 0. The smallest absolute Gasteiger partial charge is 1.00 e. The van der Waals surface area contributed by atoms with E-state index in [4.69, 9.17) is 0 Å². The van der Waals surface area contributed by atoms with E-state index >= 15 is 0 Å². The van der Waals surface area contributed by atoms with Crippen molar-refractivity contribution in [2.45, 2.75) is 19.5 Å². The van der Waals surface area contributed by atoms with Crippen LogP contribution in [0.15, 0.2) is 0 Å². The number of alkyl halides is 3. The SMILES string of the molecule is CCC(F)(F)F.[Cl-].[Cl-].[Mg+2]. The molecule has 54 valence electrons. The van der Waals surface area contributed by atoms with Crippen molar-refractivity contribution in [1.82, 2.24) is 0 Å². The summed E-state index contributed by atoms with van der Waals surface area (Å²) in [6.45, 7) is 1.08. The zero-order valence-corrected chi connectivity index (χ0v) is 7.73. The molecule has 0 amide bonds. The fourth-order valence-corrected chi connectivity index (χ4v) is 0. The van der Waals surface area contributed by atoms with Gasteiger partial charge in [0.1, 0.15) is 0 Å². The maximum atomic E-state index is 10.8. The van der Waals surface area contributed by atoms with Crippen LogP contribution in [0, 0.1) is 0 Å². The fraction of sp³-hybridized carbons (Fsp3) is 1.00. The van der Waals surface area contributed by atoms with Gasteiger partial charge in [-0.3, -0.25) is 0 Å². The molecule has 0 spiro atoms. The van der Waals surface area contributed by atoms with E-state index in [1.54, 1.807) is 0 Å². The van der Waals surface area contributed by atoms with Gasteiger partial charge >= 0.3 is 29.2 Å². The van der Waals surface area contributed by atoms with Crippen LogP contribution >= 0.6 is 0 Å². The molecule has 0 atom stereocenters. The van der Waals surface area contributed by atoms with Crippen molar-refractivity contribution in [3.8, 4) is 0 Å². The Morgan fingerprint density at radius 1 is 1.11 bits per heavy atom. The zero-order valence-electron chi connectivity index (χ0n) is 4.80. The normalized spacial score (nSPS) is 8.00. The van der Waals surface area contributed by atoms with Crippen LogP contribution in [-0.2, 0) is 0 Å². The maximum absolute atomic E-state index is 10.8. The van der Waals surface area contributed by atoms with E-state index in [0.29, 0.717) is 0 Å². The van der Waals surface area contributed by atoms with Crippen LogP contribution < -0.4 is 24.8 Å². The molecule has 0 heterocycles. The Morgan fingerprint density at radius 3 is 1.22 bits per heavy atom. The van der Waals surface area contributed by atoms with Gasteiger partial charge in [-0.25, -0.2) is 0 Å².